The van der Waals surface area contributed by atoms with Gasteiger partial charge < -0.3 is 13.7 Å². The molecule has 0 unspecified atom stereocenters. The van der Waals surface area contributed by atoms with Crippen LogP contribution in [0, 0.1) is 0 Å². The van der Waals surface area contributed by atoms with E-state index >= 15 is 0 Å². The monoisotopic (exact) mass is 348 g/mol. The van der Waals surface area contributed by atoms with Crippen molar-refractivity contribution >= 4 is 16.6 Å². The van der Waals surface area contributed by atoms with Crippen molar-refractivity contribution in [2.24, 2.45) is 15.4 Å². The largest absolute Gasteiger partial charge is 0.497 e. The van der Waals surface area contributed by atoms with E-state index in [1.165, 1.54) is 29.4 Å². The van der Waals surface area contributed by atoms with Crippen molar-refractivity contribution < 1.29 is 9.15 Å². The molecule has 1 aromatic carbocycles. The van der Waals surface area contributed by atoms with Crippen molar-refractivity contribution in [2.45, 2.75) is 31.7 Å². The van der Waals surface area contributed by atoms with Gasteiger partial charge in [0.1, 0.15) is 23.8 Å². The molecule has 6 heteroatoms. The molecule has 0 saturated heterocycles. The third-order valence-corrected chi connectivity index (χ3v) is 5.44. The Morgan fingerprint density at radius 3 is 2.81 bits per heavy atom. The molecular weight excluding hydrogens is 328 g/mol. The Bertz CT molecular complexity index is 1050. The molecule has 0 bridgehead atoms. The number of benzene rings is 1. The molecule has 6 nitrogen and oxygen atoms in total. The summed E-state index contributed by atoms with van der Waals surface area (Å²) in [6.07, 6.45) is 2.45. The van der Waals surface area contributed by atoms with Crippen molar-refractivity contribution in [3.05, 3.63) is 53.6 Å². The fraction of sp³-hybridized carbons (Fsp3) is 0.350. The minimum atomic E-state index is 0.259. The highest BCUT2D eigenvalue weighted by Gasteiger charge is 2.42. The van der Waals surface area contributed by atoms with Gasteiger partial charge in [0.2, 0.25) is 0 Å². The van der Waals surface area contributed by atoms with Gasteiger partial charge in [-0.05, 0) is 54.5 Å². The van der Waals surface area contributed by atoms with Crippen molar-refractivity contribution in [3.8, 4) is 5.75 Å². The Balaban J connectivity index is 1.55. The van der Waals surface area contributed by atoms with E-state index in [1.54, 1.807) is 7.11 Å². The molecule has 1 saturated carbocycles. The minimum absolute atomic E-state index is 0.259. The Morgan fingerprint density at radius 1 is 1.19 bits per heavy atom. The first-order chi connectivity index (χ1) is 12.7. The molecule has 1 aliphatic carbocycles. The Labute approximate surface area is 151 Å². The Morgan fingerprint density at radius 2 is 2.08 bits per heavy atom. The molecule has 0 amide bonds. The summed E-state index contributed by atoms with van der Waals surface area (Å²) in [6.45, 7) is 3.52. The molecule has 0 radical (unpaired) electrons. The molecule has 132 valence electrons. The lowest BCUT2D eigenvalue weighted by atomic mass is 10.1. The minimum Gasteiger partial charge on any atom is -0.497 e. The molecule has 5 rings (SSSR count). The predicted octanol–water partition coefficient (Wildman–Crippen LogP) is 4.51. The number of furan rings is 1. The van der Waals surface area contributed by atoms with Gasteiger partial charge in [-0.2, -0.15) is 5.11 Å². The predicted molar refractivity (Wildman–Crippen MR) is 99.1 cm³/mol. The number of hydrogen-bond donors (Lipinski definition) is 0. The summed E-state index contributed by atoms with van der Waals surface area (Å²) in [6, 6.07) is 12.5. The van der Waals surface area contributed by atoms with E-state index in [1.807, 2.05) is 18.2 Å². The zero-order chi connectivity index (χ0) is 17.7. The maximum atomic E-state index is 6.03. The van der Waals surface area contributed by atoms with E-state index in [2.05, 4.69) is 45.1 Å². The summed E-state index contributed by atoms with van der Waals surface area (Å²) in [5.41, 5.74) is 3.61. The molecule has 2 aliphatic rings. The van der Waals surface area contributed by atoms with Gasteiger partial charge in [-0.15, -0.1) is 5.10 Å². The van der Waals surface area contributed by atoms with E-state index in [0.29, 0.717) is 13.1 Å². The van der Waals surface area contributed by atoms with Crippen LogP contribution in [-0.4, -0.2) is 23.9 Å². The average Bonchev–Trinajstić information content (AvgIpc) is 3.11. The van der Waals surface area contributed by atoms with E-state index in [-0.39, 0.29) is 5.41 Å². The smallest absolute Gasteiger partial charge is 0.152 e. The second-order valence-electron chi connectivity index (χ2n) is 7.30. The normalized spacial score (nSPS) is 17.7. The van der Waals surface area contributed by atoms with Crippen LogP contribution in [0.5, 0.6) is 5.75 Å². The molecule has 1 aliphatic heterocycles. The van der Waals surface area contributed by atoms with E-state index in [0.717, 1.165) is 23.0 Å². The highest BCUT2D eigenvalue weighted by atomic mass is 16.5. The van der Waals surface area contributed by atoms with Gasteiger partial charge in [0.15, 0.2) is 5.76 Å². The average molecular weight is 348 g/mol. The van der Waals surface area contributed by atoms with Gasteiger partial charge >= 0.3 is 0 Å². The van der Waals surface area contributed by atoms with E-state index < -0.39 is 0 Å². The van der Waals surface area contributed by atoms with Crippen molar-refractivity contribution in [1.82, 2.24) is 4.57 Å². The fourth-order valence-electron chi connectivity index (χ4n) is 3.61. The van der Waals surface area contributed by atoms with Crippen LogP contribution in [0.4, 0.5) is 0 Å². The highest BCUT2D eigenvalue weighted by molar-refractivity contribution is 6.00. The van der Waals surface area contributed by atoms with Crippen LogP contribution in [0.15, 0.2) is 56.3 Å². The second kappa shape index (κ2) is 5.56. The number of methoxy groups -OCH3 is 1. The summed E-state index contributed by atoms with van der Waals surface area (Å²) >= 11 is 0. The number of hydrogen-bond acceptors (Lipinski definition) is 5. The van der Waals surface area contributed by atoms with Crippen LogP contribution in [-0.2, 0) is 12.0 Å². The van der Waals surface area contributed by atoms with Crippen LogP contribution in [0.25, 0.3) is 10.9 Å². The molecular formula is C20H20N4O2. The summed E-state index contributed by atoms with van der Waals surface area (Å²) < 4.78 is 13.8. The van der Waals surface area contributed by atoms with Gasteiger partial charge in [-0.25, -0.2) is 0 Å². The third-order valence-electron chi connectivity index (χ3n) is 5.44. The summed E-state index contributed by atoms with van der Waals surface area (Å²) in [5, 5.41) is 12.8. The molecule has 2 aromatic heterocycles. The van der Waals surface area contributed by atoms with Crippen molar-refractivity contribution in [1.29, 1.82) is 0 Å². The number of nitrogens with zero attached hydrogens (tertiary/aromatic N) is 4. The van der Waals surface area contributed by atoms with Crippen LogP contribution in [0.2, 0.25) is 0 Å². The zero-order valence-electron chi connectivity index (χ0n) is 14.9. The van der Waals surface area contributed by atoms with Crippen LogP contribution < -0.4 is 4.74 Å². The lowest BCUT2D eigenvalue weighted by Crippen LogP contribution is -2.11. The van der Waals surface area contributed by atoms with E-state index in [9.17, 15) is 0 Å². The molecule has 26 heavy (non-hydrogen) atoms. The van der Waals surface area contributed by atoms with Crippen LogP contribution >= 0.6 is 0 Å². The standard InChI is InChI=1S/C20H20N4O2/c1-20(7-8-20)19-10-13-9-14(25-2)3-5-17(13)24(19)12-15-4-6-18(26-15)16-11-21-23-22-16/h3-6,9-10H,7-8,11-12H2,1-2H3. The highest BCUT2D eigenvalue weighted by Crippen LogP contribution is 2.49. The van der Waals surface area contributed by atoms with Gasteiger partial charge in [-0.1, -0.05) is 6.92 Å². The first-order valence-corrected chi connectivity index (χ1v) is 8.86. The summed E-state index contributed by atoms with van der Waals surface area (Å²) in [5.74, 6) is 2.55. The summed E-state index contributed by atoms with van der Waals surface area (Å²) in [4.78, 5) is 0. The maximum Gasteiger partial charge on any atom is 0.152 e. The topological polar surface area (TPSA) is 64.4 Å². The number of fused-ring (bicyclic) bond motifs is 1. The van der Waals surface area contributed by atoms with Crippen molar-refractivity contribution in [2.75, 3.05) is 13.7 Å². The molecule has 0 spiro atoms. The van der Waals surface area contributed by atoms with Gasteiger partial charge in [-0.3, -0.25) is 0 Å². The lowest BCUT2D eigenvalue weighted by molar-refractivity contribution is 0.415. The van der Waals surface area contributed by atoms with Gasteiger partial charge in [0, 0.05) is 22.0 Å². The van der Waals surface area contributed by atoms with Gasteiger partial charge in [0.05, 0.1) is 13.7 Å². The Kier molecular flexibility index (Phi) is 3.29. The first-order valence-electron chi connectivity index (χ1n) is 8.86. The fourth-order valence-corrected chi connectivity index (χ4v) is 3.61. The maximum absolute atomic E-state index is 6.03. The third kappa shape index (κ3) is 2.44. The second-order valence-corrected chi connectivity index (χ2v) is 7.30. The zero-order valence-corrected chi connectivity index (χ0v) is 14.9. The number of rotatable bonds is 5. The summed E-state index contributed by atoms with van der Waals surface area (Å²) in [7, 11) is 1.70. The van der Waals surface area contributed by atoms with Crippen LogP contribution in [0.3, 0.4) is 0 Å². The van der Waals surface area contributed by atoms with E-state index in [4.69, 9.17) is 9.15 Å². The molecule has 0 N–H and O–H groups in total. The number of aromatic nitrogens is 1. The SMILES string of the molecule is COc1ccc2c(c1)cc(C1(C)CC1)n2Cc1ccc(C2=NN=NC2)o1. The van der Waals surface area contributed by atoms with Crippen molar-refractivity contribution in [3.63, 3.8) is 0 Å². The van der Waals surface area contributed by atoms with Gasteiger partial charge in [0.25, 0.3) is 0 Å². The molecule has 3 aromatic rings. The number of ether oxygens (including phenoxy) is 1. The molecule has 0 atom stereocenters. The Hall–Kier alpha value is -2.89. The first kappa shape index (κ1) is 15.4. The quantitative estimate of drug-likeness (QED) is 0.681. The lowest BCUT2D eigenvalue weighted by Gasteiger charge is -2.14. The van der Waals surface area contributed by atoms with Crippen LogP contribution in [0.1, 0.15) is 37.0 Å². The molecule has 1 fully saturated rings. The molecule has 3 heterocycles.